The van der Waals surface area contributed by atoms with Crippen LogP contribution >= 0.6 is 0 Å². The van der Waals surface area contributed by atoms with Crippen molar-refractivity contribution in [3.8, 4) is 11.5 Å². The normalized spacial score (nSPS) is 13.7. The van der Waals surface area contributed by atoms with Crippen molar-refractivity contribution in [3.63, 3.8) is 0 Å². The number of halogens is 3. The summed E-state index contributed by atoms with van der Waals surface area (Å²) in [6.07, 6.45) is -3.99. The van der Waals surface area contributed by atoms with Crippen molar-refractivity contribution in [2.45, 2.75) is 24.7 Å². The van der Waals surface area contributed by atoms with Gasteiger partial charge >= 0.3 is 6.18 Å². The van der Waals surface area contributed by atoms with Crippen LogP contribution in [-0.2, 0) is 16.4 Å². The minimum Gasteiger partial charge on any atom is -0.506 e. The van der Waals surface area contributed by atoms with Gasteiger partial charge in [-0.05, 0) is 47.4 Å². The fraction of sp³-hybridized carbons (Fsp3) is 0.280. The molecule has 1 unspecified atom stereocenters. The van der Waals surface area contributed by atoms with Crippen molar-refractivity contribution in [2.24, 2.45) is 0 Å². The van der Waals surface area contributed by atoms with Crippen molar-refractivity contribution >= 4 is 15.7 Å². The number of nitrogens with one attached hydrogen (secondary N) is 2. The maximum absolute atomic E-state index is 12.4. The molecule has 0 fully saturated rings. The molecule has 11 heteroatoms. The molecule has 0 aromatic heterocycles. The molecule has 3 rings (SSSR count). The fourth-order valence-corrected chi connectivity index (χ4v) is 4.10. The van der Waals surface area contributed by atoms with E-state index in [2.05, 4.69) is 10.0 Å². The zero-order valence-corrected chi connectivity index (χ0v) is 20.2. The number of phenols is 1. The summed E-state index contributed by atoms with van der Waals surface area (Å²) >= 11 is 0. The smallest absolute Gasteiger partial charge is 0.422 e. The van der Waals surface area contributed by atoms with Crippen LogP contribution in [0.5, 0.6) is 11.5 Å². The van der Waals surface area contributed by atoms with Gasteiger partial charge < -0.3 is 20.3 Å². The van der Waals surface area contributed by atoms with Gasteiger partial charge in [0.25, 0.3) is 0 Å². The Labute approximate surface area is 207 Å². The maximum Gasteiger partial charge on any atom is 0.422 e. The second-order valence-electron chi connectivity index (χ2n) is 8.29. The number of hydrogen-bond donors (Lipinski definition) is 4. The van der Waals surface area contributed by atoms with Crippen molar-refractivity contribution in [2.75, 3.05) is 24.1 Å². The SMILES string of the molecule is CS(=O)(=O)Nc1cc([C@@H](O)CNC(Cc2ccccc2)c2ccc(OCC(F)(F)F)cc2)ccc1O. The second-order valence-corrected chi connectivity index (χ2v) is 10.0. The van der Waals surface area contributed by atoms with Gasteiger partial charge in [-0.2, -0.15) is 13.2 Å². The molecule has 194 valence electrons. The Morgan fingerprint density at radius 2 is 1.61 bits per heavy atom. The van der Waals surface area contributed by atoms with Gasteiger partial charge in [-0.25, -0.2) is 8.42 Å². The molecule has 3 aromatic rings. The van der Waals surface area contributed by atoms with Crippen LogP contribution in [-0.4, -0.2) is 44.2 Å². The van der Waals surface area contributed by atoms with E-state index in [0.717, 1.165) is 17.4 Å². The fourth-order valence-electron chi connectivity index (χ4n) is 3.53. The third kappa shape index (κ3) is 8.74. The largest absolute Gasteiger partial charge is 0.506 e. The Bertz CT molecular complexity index is 1240. The molecule has 4 N–H and O–H groups in total. The van der Waals surface area contributed by atoms with Crippen molar-refractivity contribution in [1.82, 2.24) is 5.32 Å². The zero-order chi connectivity index (χ0) is 26.3. The van der Waals surface area contributed by atoms with Gasteiger partial charge in [0.2, 0.25) is 10.0 Å². The molecule has 36 heavy (non-hydrogen) atoms. The van der Waals surface area contributed by atoms with Crippen LogP contribution in [0.3, 0.4) is 0 Å². The lowest BCUT2D eigenvalue weighted by Gasteiger charge is -2.22. The highest BCUT2D eigenvalue weighted by molar-refractivity contribution is 7.92. The molecule has 0 bridgehead atoms. The molecule has 0 saturated carbocycles. The molecule has 0 radical (unpaired) electrons. The lowest BCUT2D eigenvalue weighted by atomic mass is 9.98. The van der Waals surface area contributed by atoms with Crippen LogP contribution in [0.2, 0.25) is 0 Å². The monoisotopic (exact) mass is 524 g/mol. The van der Waals surface area contributed by atoms with Crippen LogP contribution in [0.25, 0.3) is 0 Å². The number of anilines is 1. The van der Waals surface area contributed by atoms with Gasteiger partial charge in [-0.1, -0.05) is 48.5 Å². The van der Waals surface area contributed by atoms with Crippen molar-refractivity contribution < 1.29 is 36.5 Å². The van der Waals surface area contributed by atoms with Crippen LogP contribution in [0, 0.1) is 0 Å². The third-order valence-corrected chi connectivity index (χ3v) is 5.82. The lowest BCUT2D eigenvalue weighted by Crippen LogP contribution is -2.28. The highest BCUT2D eigenvalue weighted by Crippen LogP contribution is 2.29. The molecular formula is C25H27F3N2O5S. The first-order valence-electron chi connectivity index (χ1n) is 11.0. The van der Waals surface area contributed by atoms with Gasteiger partial charge in [-0.3, -0.25) is 4.72 Å². The topological polar surface area (TPSA) is 108 Å². The zero-order valence-electron chi connectivity index (χ0n) is 19.4. The van der Waals surface area contributed by atoms with E-state index in [4.69, 9.17) is 4.74 Å². The van der Waals surface area contributed by atoms with E-state index >= 15 is 0 Å². The Hall–Kier alpha value is -3.28. The molecule has 3 aromatic carbocycles. The molecule has 0 saturated heterocycles. The number of aliphatic hydroxyl groups excluding tert-OH is 1. The van der Waals surface area contributed by atoms with E-state index in [1.54, 1.807) is 12.1 Å². The van der Waals surface area contributed by atoms with Gasteiger partial charge in [0.05, 0.1) is 18.0 Å². The van der Waals surface area contributed by atoms with Gasteiger partial charge in [0.15, 0.2) is 6.61 Å². The first-order chi connectivity index (χ1) is 16.9. The van der Waals surface area contributed by atoms with Gasteiger partial charge in [-0.15, -0.1) is 0 Å². The summed E-state index contributed by atoms with van der Waals surface area (Å²) in [5.74, 6) is -0.191. The summed E-state index contributed by atoms with van der Waals surface area (Å²) in [6, 6.07) is 19.6. The Kier molecular flexibility index (Phi) is 8.83. The summed E-state index contributed by atoms with van der Waals surface area (Å²) in [5, 5.41) is 23.9. The number of aliphatic hydroxyl groups is 1. The maximum atomic E-state index is 12.4. The lowest BCUT2D eigenvalue weighted by molar-refractivity contribution is -0.153. The number of benzene rings is 3. The standard InChI is InChI=1S/C25H27F3N2O5S/c1-36(33,34)30-22-14-19(9-12-23(22)31)24(32)15-29-21(13-17-5-3-2-4-6-17)18-7-10-20(11-8-18)35-16-25(26,27)28/h2-12,14,21,24,29-32H,13,15-16H2,1H3/t21?,24-/m0/s1. The molecule has 2 atom stereocenters. The first kappa shape index (κ1) is 27.3. The first-order valence-corrected chi connectivity index (χ1v) is 12.8. The van der Waals surface area contributed by atoms with Crippen LogP contribution in [0.15, 0.2) is 72.8 Å². The van der Waals surface area contributed by atoms with Crippen molar-refractivity contribution in [3.05, 3.63) is 89.5 Å². The van der Waals surface area contributed by atoms with Crippen LogP contribution in [0.1, 0.15) is 28.8 Å². The van der Waals surface area contributed by atoms with Crippen molar-refractivity contribution in [1.29, 1.82) is 0 Å². The molecule has 0 spiro atoms. The minimum atomic E-state index is -4.43. The predicted octanol–water partition coefficient (Wildman–Crippen LogP) is 4.31. The second kappa shape index (κ2) is 11.6. The van der Waals surface area contributed by atoms with Gasteiger partial charge in [0, 0.05) is 12.6 Å². The molecule has 0 heterocycles. The molecule has 0 aliphatic heterocycles. The highest BCUT2D eigenvalue weighted by Gasteiger charge is 2.28. The van der Waals surface area contributed by atoms with E-state index in [1.807, 2.05) is 30.3 Å². The number of ether oxygens (including phenoxy) is 1. The minimum absolute atomic E-state index is 0.0515. The van der Waals surface area contributed by atoms with Crippen LogP contribution in [0.4, 0.5) is 18.9 Å². The summed E-state index contributed by atoms with van der Waals surface area (Å²) < 4.78 is 67.3. The van der Waals surface area contributed by atoms with E-state index in [1.165, 1.54) is 30.3 Å². The summed E-state index contributed by atoms with van der Waals surface area (Å²) in [5.41, 5.74) is 2.10. The number of aromatic hydroxyl groups is 1. The van der Waals surface area contributed by atoms with E-state index in [-0.39, 0.29) is 29.8 Å². The summed E-state index contributed by atoms with van der Waals surface area (Å²) in [4.78, 5) is 0. The average molecular weight is 525 g/mol. The number of rotatable bonds is 11. The third-order valence-electron chi connectivity index (χ3n) is 5.23. The number of phenolic OH excluding ortho intramolecular Hbond substituents is 1. The molecule has 7 nitrogen and oxygen atoms in total. The molecule has 0 amide bonds. The van der Waals surface area contributed by atoms with E-state index in [0.29, 0.717) is 12.0 Å². The summed E-state index contributed by atoms with van der Waals surface area (Å²) in [7, 11) is -3.63. The highest BCUT2D eigenvalue weighted by atomic mass is 32.2. The summed E-state index contributed by atoms with van der Waals surface area (Å²) in [6.45, 7) is -1.31. The number of hydrogen-bond acceptors (Lipinski definition) is 6. The Morgan fingerprint density at radius 1 is 0.972 bits per heavy atom. The number of alkyl halides is 3. The Balaban J connectivity index is 1.75. The molecular weight excluding hydrogens is 497 g/mol. The average Bonchev–Trinajstić information content (AvgIpc) is 2.81. The van der Waals surface area contributed by atoms with Crippen LogP contribution < -0.4 is 14.8 Å². The molecule has 0 aliphatic carbocycles. The Morgan fingerprint density at radius 3 is 2.22 bits per heavy atom. The molecule has 0 aliphatic rings. The number of sulfonamides is 1. The quantitative estimate of drug-likeness (QED) is 0.279. The van der Waals surface area contributed by atoms with E-state index in [9.17, 15) is 31.8 Å². The predicted molar refractivity (Wildman–Crippen MR) is 130 cm³/mol. The van der Waals surface area contributed by atoms with Gasteiger partial charge in [0.1, 0.15) is 11.5 Å². The van der Waals surface area contributed by atoms with E-state index < -0.39 is 28.9 Å².